The highest BCUT2D eigenvalue weighted by Gasteiger charge is 1.84. The fourth-order valence-corrected chi connectivity index (χ4v) is 1.12. The van der Waals surface area contributed by atoms with Crippen molar-refractivity contribution in [3.8, 4) is 0 Å². The lowest BCUT2D eigenvalue weighted by Crippen LogP contribution is -1.84. The number of thioether (sulfide) groups is 1. The van der Waals surface area contributed by atoms with Crippen molar-refractivity contribution in [2.45, 2.75) is 20.8 Å². The van der Waals surface area contributed by atoms with E-state index in [1.807, 2.05) is 0 Å². The van der Waals surface area contributed by atoms with Crippen molar-refractivity contribution in [1.82, 2.24) is 0 Å². The molecule has 0 radical (unpaired) electrons. The highest BCUT2D eigenvalue weighted by atomic mass is 32.2. The third-order valence-corrected chi connectivity index (χ3v) is 1.57. The van der Waals surface area contributed by atoms with Gasteiger partial charge in [-0.25, -0.2) is 0 Å². The van der Waals surface area contributed by atoms with Crippen molar-refractivity contribution in [3.63, 3.8) is 0 Å². The molecule has 0 atom stereocenters. The molecule has 0 aromatic heterocycles. The Morgan fingerprint density at radius 2 is 2.12 bits per heavy atom. The second kappa shape index (κ2) is 5.16. The van der Waals surface area contributed by atoms with E-state index in [1.54, 1.807) is 11.8 Å². The minimum Gasteiger partial charge on any atom is -0.284 e. The molecular weight excluding hydrogens is 118 g/mol. The predicted octanol–water partition coefficient (Wildman–Crippen LogP) is 2.18. The van der Waals surface area contributed by atoms with Crippen molar-refractivity contribution in [2.24, 2.45) is 4.99 Å². The van der Waals surface area contributed by atoms with E-state index >= 15 is 0 Å². The van der Waals surface area contributed by atoms with Crippen LogP contribution in [0.3, 0.4) is 0 Å². The summed E-state index contributed by atoms with van der Waals surface area (Å²) in [5.41, 5.74) is 0. The van der Waals surface area contributed by atoms with Crippen LogP contribution in [0.2, 0.25) is 0 Å². The van der Waals surface area contributed by atoms with E-state index in [0.717, 1.165) is 12.3 Å². The summed E-state index contributed by atoms with van der Waals surface area (Å²) in [6.45, 7) is 7.16. The van der Waals surface area contributed by atoms with Gasteiger partial charge in [0.05, 0.1) is 5.04 Å². The Bertz CT molecular complexity index is 78.6. The van der Waals surface area contributed by atoms with Crippen LogP contribution < -0.4 is 0 Å². The zero-order chi connectivity index (χ0) is 6.41. The Morgan fingerprint density at radius 3 is 2.50 bits per heavy atom. The van der Waals surface area contributed by atoms with Gasteiger partial charge in [-0.1, -0.05) is 6.92 Å². The molecule has 0 aromatic rings. The quantitative estimate of drug-likeness (QED) is 0.413. The van der Waals surface area contributed by atoms with Crippen LogP contribution in [0.5, 0.6) is 0 Å². The Balaban J connectivity index is 3.29. The molecule has 1 nitrogen and oxygen atoms in total. The zero-order valence-corrected chi connectivity index (χ0v) is 6.59. The SMILES string of the molecule is CCN=C(C)SCC. The Labute approximate surface area is 55.6 Å². The summed E-state index contributed by atoms with van der Waals surface area (Å²) in [5, 5.41) is 1.20. The molecule has 0 saturated heterocycles. The van der Waals surface area contributed by atoms with Crippen LogP contribution in [0, 0.1) is 0 Å². The first-order valence-electron chi connectivity index (χ1n) is 2.95. The van der Waals surface area contributed by atoms with Crippen LogP contribution in [-0.4, -0.2) is 17.3 Å². The van der Waals surface area contributed by atoms with Crippen molar-refractivity contribution in [1.29, 1.82) is 0 Å². The van der Waals surface area contributed by atoms with Gasteiger partial charge in [0.1, 0.15) is 0 Å². The smallest absolute Gasteiger partial charge is 0.0644 e. The molecule has 0 saturated carbocycles. The summed E-state index contributed by atoms with van der Waals surface area (Å²) in [6, 6.07) is 0. The van der Waals surface area contributed by atoms with Gasteiger partial charge in [-0.15, -0.1) is 11.8 Å². The molecule has 0 rings (SSSR count). The van der Waals surface area contributed by atoms with E-state index in [9.17, 15) is 0 Å². The number of aliphatic imine (C=N–C) groups is 1. The van der Waals surface area contributed by atoms with Crippen LogP contribution in [0.1, 0.15) is 20.8 Å². The normalized spacial score (nSPS) is 12.1. The van der Waals surface area contributed by atoms with Crippen molar-refractivity contribution < 1.29 is 0 Å². The maximum Gasteiger partial charge on any atom is 0.0644 e. The average Bonchev–Trinajstić information content (AvgIpc) is 1.68. The van der Waals surface area contributed by atoms with Crippen LogP contribution in [0.4, 0.5) is 0 Å². The van der Waals surface area contributed by atoms with Gasteiger partial charge in [0.15, 0.2) is 0 Å². The molecule has 0 aromatic carbocycles. The maximum absolute atomic E-state index is 4.19. The lowest BCUT2D eigenvalue weighted by Gasteiger charge is -1.92. The molecule has 0 spiro atoms. The molecule has 0 unspecified atom stereocenters. The predicted molar refractivity (Wildman–Crippen MR) is 41.8 cm³/mol. The minimum atomic E-state index is 0.916. The first-order chi connectivity index (χ1) is 3.81. The topological polar surface area (TPSA) is 12.4 Å². The largest absolute Gasteiger partial charge is 0.284 e. The zero-order valence-electron chi connectivity index (χ0n) is 5.77. The summed E-state index contributed by atoms with van der Waals surface area (Å²) in [4.78, 5) is 4.19. The van der Waals surface area contributed by atoms with E-state index in [2.05, 4.69) is 25.8 Å². The van der Waals surface area contributed by atoms with Gasteiger partial charge in [0, 0.05) is 6.54 Å². The molecule has 0 fully saturated rings. The number of nitrogens with zero attached hydrogens (tertiary/aromatic N) is 1. The molecule has 8 heavy (non-hydrogen) atoms. The number of hydrogen-bond acceptors (Lipinski definition) is 2. The Kier molecular flexibility index (Phi) is 5.18. The molecule has 0 aliphatic rings. The average molecular weight is 131 g/mol. The van der Waals surface area contributed by atoms with Crippen molar-refractivity contribution >= 4 is 16.8 Å². The van der Waals surface area contributed by atoms with Crippen LogP contribution >= 0.6 is 11.8 Å². The number of hydrogen-bond donors (Lipinski definition) is 0. The van der Waals surface area contributed by atoms with E-state index in [4.69, 9.17) is 0 Å². The van der Waals surface area contributed by atoms with Crippen LogP contribution in [-0.2, 0) is 0 Å². The third-order valence-electron chi connectivity index (χ3n) is 0.734. The molecule has 2 heteroatoms. The molecule has 0 bridgehead atoms. The first kappa shape index (κ1) is 8.02. The Morgan fingerprint density at radius 1 is 1.50 bits per heavy atom. The van der Waals surface area contributed by atoms with Gasteiger partial charge in [0.2, 0.25) is 0 Å². The summed E-state index contributed by atoms with van der Waals surface area (Å²) < 4.78 is 0. The molecule has 0 aliphatic carbocycles. The number of rotatable bonds is 2. The standard InChI is InChI=1S/C6H13NS/c1-4-7-6(3)8-5-2/h4-5H2,1-3H3. The summed E-state index contributed by atoms with van der Waals surface area (Å²) in [6.07, 6.45) is 0. The van der Waals surface area contributed by atoms with Gasteiger partial charge >= 0.3 is 0 Å². The van der Waals surface area contributed by atoms with Gasteiger partial charge in [0.25, 0.3) is 0 Å². The van der Waals surface area contributed by atoms with Crippen LogP contribution in [0.25, 0.3) is 0 Å². The third kappa shape index (κ3) is 4.19. The molecule has 0 amide bonds. The molecular formula is C6H13NS. The summed E-state index contributed by atoms with van der Waals surface area (Å²) in [7, 11) is 0. The van der Waals surface area contributed by atoms with Gasteiger partial charge in [-0.2, -0.15) is 0 Å². The first-order valence-corrected chi connectivity index (χ1v) is 3.93. The van der Waals surface area contributed by atoms with E-state index in [1.165, 1.54) is 5.04 Å². The van der Waals surface area contributed by atoms with Gasteiger partial charge < -0.3 is 0 Å². The second-order valence-corrected chi connectivity index (χ2v) is 2.88. The van der Waals surface area contributed by atoms with Crippen LogP contribution in [0.15, 0.2) is 4.99 Å². The molecule has 0 aliphatic heterocycles. The Hall–Kier alpha value is 0.0200. The van der Waals surface area contributed by atoms with Crippen molar-refractivity contribution in [2.75, 3.05) is 12.3 Å². The minimum absolute atomic E-state index is 0.916. The summed E-state index contributed by atoms with van der Waals surface area (Å²) in [5.74, 6) is 1.13. The molecule has 48 valence electrons. The lowest BCUT2D eigenvalue weighted by atomic mass is 10.7. The van der Waals surface area contributed by atoms with E-state index in [0.29, 0.717) is 0 Å². The van der Waals surface area contributed by atoms with Crippen molar-refractivity contribution in [3.05, 3.63) is 0 Å². The van der Waals surface area contributed by atoms with E-state index in [-0.39, 0.29) is 0 Å². The van der Waals surface area contributed by atoms with E-state index < -0.39 is 0 Å². The fourth-order valence-electron chi connectivity index (χ4n) is 0.477. The highest BCUT2D eigenvalue weighted by Crippen LogP contribution is 2.00. The molecule has 0 N–H and O–H groups in total. The molecule has 0 heterocycles. The second-order valence-electron chi connectivity index (χ2n) is 1.43. The van der Waals surface area contributed by atoms with Gasteiger partial charge in [-0.3, -0.25) is 4.99 Å². The fraction of sp³-hybridized carbons (Fsp3) is 0.833. The lowest BCUT2D eigenvalue weighted by molar-refractivity contribution is 1.13. The summed E-state index contributed by atoms with van der Waals surface area (Å²) >= 11 is 1.81. The maximum atomic E-state index is 4.19. The monoisotopic (exact) mass is 131 g/mol. The highest BCUT2D eigenvalue weighted by molar-refractivity contribution is 8.13. The van der Waals surface area contributed by atoms with Gasteiger partial charge in [-0.05, 0) is 19.6 Å².